The van der Waals surface area contributed by atoms with Gasteiger partial charge < -0.3 is 5.32 Å². The van der Waals surface area contributed by atoms with Crippen LogP contribution in [-0.4, -0.2) is 20.5 Å². The third kappa shape index (κ3) is 3.76. The number of rotatable bonds is 4. The minimum absolute atomic E-state index is 0.0202. The maximum absolute atomic E-state index is 14.8. The Morgan fingerprint density at radius 1 is 1.18 bits per heavy atom. The zero-order chi connectivity index (χ0) is 24.0. The van der Waals surface area contributed by atoms with Gasteiger partial charge in [-0.1, -0.05) is 55.8 Å². The molecule has 5 nitrogen and oxygen atoms in total. The van der Waals surface area contributed by atoms with Crippen molar-refractivity contribution in [3.05, 3.63) is 87.6 Å². The van der Waals surface area contributed by atoms with E-state index in [1.165, 1.54) is 17.2 Å². The predicted octanol–water partition coefficient (Wildman–Crippen LogP) is 6.43. The van der Waals surface area contributed by atoms with E-state index in [1.54, 1.807) is 29.8 Å². The summed E-state index contributed by atoms with van der Waals surface area (Å²) < 4.78 is 16.4. The van der Waals surface area contributed by atoms with Crippen LogP contribution in [0.15, 0.2) is 48.7 Å². The molecule has 0 aliphatic heterocycles. The first-order valence-electron chi connectivity index (χ1n) is 11.6. The molecule has 1 amide bonds. The van der Waals surface area contributed by atoms with Crippen molar-refractivity contribution in [3.63, 3.8) is 0 Å². The molecule has 1 aliphatic carbocycles. The summed E-state index contributed by atoms with van der Waals surface area (Å²) in [6.07, 6.45) is 4.53. The van der Waals surface area contributed by atoms with E-state index in [-0.39, 0.29) is 23.4 Å². The lowest BCUT2D eigenvalue weighted by Crippen LogP contribution is -2.32. The summed E-state index contributed by atoms with van der Waals surface area (Å²) >= 11 is 6.36. The normalized spacial score (nSPS) is 15.5. The van der Waals surface area contributed by atoms with Crippen molar-refractivity contribution in [2.75, 3.05) is 0 Å². The molecule has 2 aromatic carbocycles. The molecule has 0 fully saturated rings. The Hall–Kier alpha value is -3.25. The fraction of sp³-hybridized carbons (Fsp3) is 0.296. The monoisotopic (exact) mass is 476 g/mol. The van der Waals surface area contributed by atoms with Gasteiger partial charge in [0, 0.05) is 11.8 Å². The third-order valence-corrected chi connectivity index (χ3v) is 6.85. The topological polar surface area (TPSA) is 59.3 Å². The highest BCUT2D eigenvalue weighted by atomic mass is 35.5. The minimum atomic E-state index is -0.434. The first kappa shape index (κ1) is 22.5. The van der Waals surface area contributed by atoms with Crippen molar-refractivity contribution in [2.45, 2.75) is 52.0 Å². The molecule has 7 heteroatoms. The Morgan fingerprint density at radius 2 is 1.97 bits per heavy atom. The van der Waals surface area contributed by atoms with Gasteiger partial charge >= 0.3 is 0 Å². The molecular weight excluding hydrogens is 451 g/mol. The molecule has 1 atom stereocenters. The van der Waals surface area contributed by atoms with Crippen LogP contribution in [0, 0.1) is 12.7 Å². The first-order valence-corrected chi connectivity index (χ1v) is 12.0. The molecule has 0 saturated carbocycles. The van der Waals surface area contributed by atoms with Crippen molar-refractivity contribution in [2.24, 2.45) is 0 Å². The Morgan fingerprint density at radius 3 is 2.74 bits per heavy atom. The first-order chi connectivity index (χ1) is 16.4. The van der Waals surface area contributed by atoms with Crippen LogP contribution in [0.1, 0.15) is 71.5 Å². The highest BCUT2D eigenvalue weighted by Crippen LogP contribution is 2.36. The molecule has 4 aromatic rings. The number of hydrogen-bond acceptors (Lipinski definition) is 3. The van der Waals surface area contributed by atoms with E-state index in [0.717, 1.165) is 25.0 Å². The van der Waals surface area contributed by atoms with E-state index in [2.05, 4.69) is 27.5 Å². The van der Waals surface area contributed by atoms with Gasteiger partial charge in [0.25, 0.3) is 5.91 Å². The van der Waals surface area contributed by atoms with Gasteiger partial charge in [-0.3, -0.25) is 4.79 Å². The molecule has 2 aromatic heterocycles. The van der Waals surface area contributed by atoms with Crippen LogP contribution in [0.25, 0.3) is 16.8 Å². The zero-order valence-corrected chi connectivity index (χ0v) is 20.2. The lowest BCUT2D eigenvalue weighted by molar-refractivity contribution is 0.0930. The maximum Gasteiger partial charge on any atom is 0.255 e. The minimum Gasteiger partial charge on any atom is -0.345 e. The number of fused-ring (bicyclic) bond motifs is 2. The van der Waals surface area contributed by atoms with Crippen LogP contribution in [0.3, 0.4) is 0 Å². The molecule has 0 radical (unpaired) electrons. The van der Waals surface area contributed by atoms with E-state index in [9.17, 15) is 9.18 Å². The number of hydrogen-bond donors (Lipinski definition) is 1. The predicted molar refractivity (Wildman–Crippen MR) is 132 cm³/mol. The fourth-order valence-electron chi connectivity index (χ4n) is 5.01. The largest absolute Gasteiger partial charge is 0.345 e. The van der Waals surface area contributed by atoms with Gasteiger partial charge in [0.05, 0.1) is 33.6 Å². The van der Waals surface area contributed by atoms with Crippen LogP contribution < -0.4 is 5.32 Å². The number of nitrogens with zero attached hydrogens (tertiary/aromatic N) is 3. The van der Waals surface area contributed by atoms with E-state index in [0.29, 0.717) is 27.5 Å². The maximum atomic E-state index is 14.8. The van der Waals surface area contributed by atoms with E-state index in [1.807, 2.05) is 26.0 Å². The molecule has 2 heterocycles. The van der Waals surface area contributed by atoms with Crippen molar-refractivity contribution < 1.29 is 9.18 Å². The Bertz CT molecular complexity index is 1390. The quantitative estimate of drug-likeness (QED) is 0.369. The summed E-state index contributed by atoms with van der Waals surface area (Å²) in [4.78, 5) is 18.1. The second-order valence-corrected chi connectivity index (χ2v) is 9.53. The average Bonchev–Trinajstić information content (AvgIpc) is 3.14. The van der Waals surface area contributed by atoms with Gasteiger partial charge in [0.1, 0.15) is 5.82 Å². The SMILES string of the molecule is Cc1nn2c(C(C)C)c(C(=O)N[C@H]3CCCc4ccccc43)cnc2c1-c1c(F)cccc1Cl. The summed E-state index contributed by atoms with van der Waals surface area (Å²) in [5, 5.41) is 8.18. The van der Waals surface area contributed by atoms with Gasteiger partial charge in [0.15, 0.2) is 5.65 Å². The summed E-state index contributed by atoms with van der Waals surface area (Å²) in [6.45, 7) is 5.82. The number of carbonyl (C=O) groups is 1. The standard InChI is InChI=1S/C27H26ClFN4O/c1-15(2)25-19(27(34)31-22-13-6-9-17-8-4-5-10-18(17)22)14-30-26-23(16(3)32-33(25)26)24-20(28)11-7-12-21(24)29/h4-5,7-8,10-12,14-15,22H,6,9,13H2,1-3H3,(H,31,34)/t22-/m0/s1. The van der Waals surface area contributed by atoms with Gasteiger partial charge in [-0.15, -0.1) is 0 Å². The average molecular weight is 477 g/mol. The van der Waals surface area contributed by atoms with Gasteiger partial charge in [-0.05, 0) is 55.4 Å². The van der Waals surface area contributed by atoms with Crippen molar-refractivity contribution >= 4 is 23.2 Å². The molecule has 0 spiro atoms. The summed E-state index contributed by atoms with van der Waals surface area (Å²) in [7, 11) is 0. The molecule has 0 bridgehead atoms. The van der Waals surface area contributed by atoms with Crippen LogP contribution in [-0.2, 0) is 6.42 Å². The highest BCUT2D eigenvalue weighted by molar-refractivity contribution is 6.33. The summed E-state index contributed by atoms with van der Waals surface area (Å²) in [5.74, 6) is -0.636. The van der Waals surface area contributed by atoms with Gasteiger partial charge in [-0.2, -0.15) is 5.10 Å². The van der Waals surface area contributed by atoms with Crippen LogP contribution >= 0.6 is 11.6 Å². The smallest absolute Gasteiger partial charge is 0.255 e. The van der Waals surface area contributed by atoms with Gasteiger partial charge in [0.2, 0.25) is 0 Å². The number of benzene rings is 2. The second kappa shape index (κ2) is 8.84. The van der Waals surface area contributed by atoms with Crippen molar-refractivity contribution in [1.29, 1.82) is 0 Å². The number of carbonyl (C=O) groups excluding carboxylic acids is 1. The van der Waals surface area contributed by atoms with Crippen LogP contribution in [0.5, 0.6) is 0 Å². The molecule has 0 unspecified atom stereocenters. The van der Waals surface area contributed by atoms with E-state index >= 15 is 0 Å². The van der Waals surface area contributed by atoms with E-state index < -0.39 is 5.82 Å². The van der Waals surface area contributed by atoms with Crippen molar-refractivity contribution in [1.82, 2.24) is 19.9 Å². The summed E-state index contributed by atoms with van der Waals surface area (Å²) in [5.41, 5.74) is 5.55. The molecule has 1 N–H and O–H groups in total. The van der Waals surface area contributed by atoms with Crippen LogP contribution in [0.2, 0.25) is 5.02 Å². The number of nitrogens with one attached hydrogen (secondary N) is 1. The molecule has 0 saturated heterocycles. The van der Waals surface area contributed by atoms with Gasteiger partial charge in [-0.25, -0.2) is 13.9 Å². The lowest BCUT2D eigenvalue weighted by Gasteiger charge is -2.27. The molecule has 1 aliphatic rings. The molecular formula is C27H26ClFN4O. The van der Waals surface area contributed by atoms with E-state index in [4.69, 9.17) is 11.6 Å². The second-order valence-electron chi connectivity index (χ2n) is 9.12. The lowest BCUT2D eigenvalue weighted by atomic mass is 9.87. The van der Waals surface area contributed by atoms with Crippen LogP contribution in [0.4, 0.5) is 4.39 Å². The molecule has 34 heavy (non-hydrogen) atoms. The molecule has 174 valence electrons. The fourth-order valence-corrected chi connectivity index (χ4v) is 5.27. The summed E-state index contributed by atoms with van der Waals surface area (Å²) in [6, 6.07) is 12.8. The molecule has 5 rings (SSSR count). The number of halogens is 2. The Kier molecular flexibility index (Phi) is 5.86. The highest BCUT2D eigenvalue weighted by Gasteiger charge is 2.27. The van der Waals surface area contributed by atoms with Crippen molar-refractivity contribution in [3.8, 4) is 11.1 Å². The number of aromatic nitrogens is 3. The Balaban J connectivity index is 1.60. The Labute approximate surface area is 203 Å². The number of amides is 1. The third-order valence-electron chi connectivity index (χ3n) is 6.54. The number of aryl methyl sites for hydroxylation is 2. The zero-order valence-electron chi connectivity index (χ0n) is 19.4.